The predicted octanol–water partition coefficient (Wildman–Crippen LogP) is 3.25. The number of aryl methyl sites for hydroxylation is 1. The second-order valence-electron chi connectivity index (χ2n) is 4.89. The van der Waals surface area contributed by atoms with Crippen LogP contribution in [-0.2, 0) is 4.74 Å². The molecule has 0 bridgehead atoms. The van der Waals surface area contributed by atoms with Gasteiger partial charge in [0.25, 0.3) is 5.91 Å². The van der Waals surface area contributed by atoms with Crippen LogP contribution in [0.2, 0.25) is 0 Å². The van der Waals surface area contributed by atoms with Gasteiger partial charge in [0.1, 0.15) is 16.2 Å². The smallest absolute Gasteiger partial charge is 0.349 e. The third-order valence-corrected chi connectivity index (χ3v) is 4.36. The van der Waals surface area contributed by atoms with E-state index in [1.165, 1.54) is 13.3 Å². The number of carbonyl (C=O) groups is 2. The molecule has 8 heteroatoms. The van der Waals surface area contributed by atoms with E-state index in [1.54, 1.807) is 26.2 Å². The minimum atomic E-state index is -0.500. The van der Waals surface area contributed by atoms with Gasteiger partial charge < -0.3 is 13.9 Å². The minimum absolute atomic E-state index is 0.188. The zero-order valence-electron chi connectivity index (χ0n) is 13.2. The average molecular weight is 346 g/mol. The number of rotatable bonds is 4. The molecule has 3 aromatic rings. The van der Waals surface area contributed by atoms with E-state index in [9.17, 15) is 9.59 Å². The Bertz CT molecular complexity index is 928. The monoisotopic (exact) mass is 346 g/mol. The molecule has 0 fully saturated rings. The average Bonchev–Trinajstić information content (AvgIpc) is 3.18. The fraction of sp³-hybridized carbons (Fsp3) is 0.188. The van der Waals surface area contributed by atoms with E-state index in [-0.39, 0.29) is 10.9 Å². The first-order valence-electron chi connectivity index (χ1n) is 6.96. The van der Waals surface area contributed by atoms with Crippen molar-refractivity contribution in [2.24, 2.45) is 0 Å². The van der Waals surface area contributed by atoms with Gasteiger partial charge in [0, 0.05) is 10.9 Å². The maximum atomic E-state index is 12.4. The molecule has 0 aliphatic carbocycles. The van der Waals surface area contributed by atoms with Crippen molar-refractivity contribution in [1.29, 1.82) is 0 Å². The van der Waals surface area contributed by atoms with Gasteiger partial charge in [0.15, 0.2) is 10.9 Å². The number of fused-ring (bicyclic) bond motifs is 1. The van der Waals surface area contributed by atoms with Crippen molar-refractivity contribution in [1.82, 2.24) is 4.98 Å². The molecule has 2 heterocycles. The van der Waals surface area contributed by atoms with Crippen molar-refractivity contribution in [2.75, 3.05) is 19.5 Å². The number of thiazole rings is 1. The van der Waals surface area contributed by atoms with Crippen LogP contribution in [0.1, 0.15) is 25.8 Å². The molecule has 0 aliphatic rings. The summed E-state index contributed by atoms with van der Waals surface area (Å²) in [6.07, 6.45) is 1.35. The van der Waals surface area contributed by atoms with E-state index in [0.717, 1.165) is 16.7 Å². The van der Waals surface area contributed by atoms with Crippen LogP contribution in [0.15, 0.2) is 28.8 Å². The molecular weight excluding hydrogens is 332 g/mol. The number of nitrogens with zero attached hydrogens (tertiary/aromatic N) is 1. The Morgan fingerprint density at radius 3 is 2.79 bits per heavy atom. The van der Waals surface area contributed by atoms with Crippen LogP contribution < -0.4 is 10.1 Å². The van der Waals surface area contributed by atoms with Crippen molar-refractivity contribution in [2.45, 2.75) is 6.92 Å². The lowest BCUT2D eigenvalue weighted by atomic mass is 10.1. The number of esters is 1. The first-order valence-corrected chi connectivity index (χ1v) is 7.77. The molecule has 0 spiro atoms. The van der Waals surface area contributed by atoms with E-state index >= 15 is 0 Å². The lowest BCUT2D eigenvalue weighted by molar-refractivity contribution is 0.0606. The molecule has 2 aromatic heterocycles. The highest BCUT2D eigenvalue weighted by molar-refractivity contribution is 7.17. The fourth-order valence-corrected chi connectivity index (χ4v) is 2.95. The van der Waals surface area contributed by atoms with Gasteiger partial charge in [0.2, 0.25) is 0 Å². The van der Waals surface area contributed by atoms with Crippen molar-refractivity contribution in [3.05, 3.63) is 40.6 Å². The Balaban J connectivity index is 1.87. The molecule has 3 rings (SSSR count). The highest BCUT2D eigenvalue weighted by Gasteiger charge is 2.20. The summed E-state index contributed by atoms with van der Waals surface area (Å²) in [6.45, 7) is 1.79. The van der Waals surface area contributed by atoms with Crippen LogP contribution in [0.25, 0.3) is 11.0 Å². The van der Waals surface area contributed by atoms with E-state index in [0.29, 0.717) is 21.8 Å². The number of methoxy groups -OCH3 is 2. The van der Waals surface area contributed by atoms with Crippen LogP contribution in [0.3, 0.4) is 0 Å². The summed E-state index contributed by atoms with van der Waals surface area (Å²) in [5.41, 5.74) is 1.29. The fourth-order valence-electron chi connectivity index (χ4n) is 2.22. The molecule has 0 aliphatic heterocycles. The highest BCUT2D eigenvalue weighted by atomic mass is 32.1. The molecule has 0 saturated heterocycles. The van der Waals surface area contributed by atoms with Crippen molar-refractivity contribution >= 4 is 39.3 Å². The lowest BCUT2D eigenvalue weighted by Crippen LogP contribution is -2.11. The molecule has 1 N–H and O–H groups in total. The molecular formula is C16H14N2O5S. The van der Waals surface area contributed by atoms with Crippen LogP contribution in [0, 0.1) is 6.92 Å². The summed E-state index contributed by atoms with van der Waals surface area (Å²) in [6, 6.07) is 5.32. The second kappa shape index (κ2) is 6.32. The van der Waals surface area contributed by atoms with Gasteiger partial charge in [-0.2, -0.15) is 0 Å². The van der Waals surface area contributed by atoms with E-state index in [1.807, 2.05) is 6.07 Å². The number of carbonyl (C=O) groups excluding carboxylic acids is 2. The van der Waals surface area contributed by atoms with Gasteiger partial charge in [-0.15, -0.1) is 0 Å². The third kappa shape index (κ3) is 2.83. The maximum Gasteiger partial charge on any atom is 0.349 e. The summed E-state index contributed by atoms with van der Waals surface area (Å²) in [7, 11) is 2.86. The number of hydrogen-bond donors (Lipinski definition) is 1. The van der Waals surface area contributed by atoms with E-state index < -0.39 is 11.9 Å². The maximum absolute atomic E-state index is 12.4. The van der Waals surface area contributed by atoms with Crippen LogP contribution in [-0.4, -0.2) is 31.1 Å². The van der Waals surface area contributed by atoms with Gasteiger partial charge >= 0.3 is 5.97 Å². The molecule has 0 saturated carbocycles. The summed E-state index contributed by atoms with van der Waals surface area (Å²) in [5, 5.41) is 3.71. The summed E-state index contributed by atoms with van der Waals surface area (Å²) in [5.74, 6) is -0.0671. The van der Waals surface area contributed by atoms with Crippen LogP contribution >= 0.6 is 11.3 Å². The van der Waals surface area contributed by atoms with E-state index in [2.05, 4.69) is 15.0 Å². The molecule has 0 radical (unpaired) electrons. The van der Waals surface area contributed by atoms with Gasteiger partial charge in [-0.1, -0.05) is 11.3 Å². The highest BCUT2D eigenvalue weighted by Crippen LogP contribution is 2.29. The van der Waals surface area contributed by atoms with Gasteiger partial charge in [0.05, 0.1) is 20.4 Å². The van der Waals surface area contributed by atoms with Gasteiger partial charge in [-0.3, -0.25) is 10.1 Å². The SMILES string of the molecule is COC(=O)c1cnc(NC(=O)c2oc3ccc(OC)cc3c2C)s1. The van der Waals surface area contributed by atoms with E-state index in [4.69, 9.17) is 9.15 Å². The van der Waals surface area contributed by atoms with Crippen LogP contribution in [0.5, 0.6) is 5.75 Å². The normalized spacial score (nSPS) is 10.6. The second-order valence-corrected chi connectivity index (χ2v) is 5.92. The van der Waals surface area contributed by atoms with Crippen molar-refractivity contribution < 1.29 is 23.5 Å². The van der Waals surface area contributed by atoms with Crippen molar-refractivity contribution in [3.8, 4) is 5.75 Å². The number of anilines is 1. The first-order chi connectivity index (χ1) is 11.5. The molecule has 24 heavy (non-hydrogen) atoms. The number of furan rings is 1. The Labute approximate surface area is 141 Å². The summed E-state index contributed by atoms with van der Waals surface area (Å²) >= 11 is 1.03. The molecule has 0 atom stereocenters. The quantitative estimate of drug-likeness (QED) is 0.729. The van der Waals surface area contributed by atoms with Gasteiger partial charge in [-0.05, 0) is 25.1 Å². The number of benzene rings is 1. The Kier molecular flexibility index (Phi) is 4.22. The zero-order chi connectivity index (χ0) is 17.3. The zero-order valence-corrected chi connectivity index (χ0v) is 14.0. The molecule has 124 valence electrons. The number of ether oxygens (including phenoxy) is 2. The van der Waals surface area contributed by atoms with Crippen LogP contribution in [0.4, 0.5) is 5.13 Å². The molecule has 7 nitrogen and oxygen atoms in total. The number of nitrogens with one attached hydrogen (secondary N) is 1. The molecule has 1 amide bonds. The van der Waals surface area contributed by atoms with Crippen molar-refractivity contribution in [3.63, 3.8) is 0 Å². The number of amides is 1. The largest absolute Gasteiger partial charge is 0.497 e. The Morgan fingerprint density at radius 1 is 1.29 bits per heavy atom. The Hall–Kier alpha value is -2.87. The minimum Gasteiger partial charge on any atom is -0.497 e. The third-order valence-electron chi connectivity index (χ3n) is 3.46. The first kappa shape index (κ1) is 16.0. The summed E-state index contributed by atoms with van der Waals surface area (Å²) < 4.78 is 15.4. The topological polar surface area (TPSA) is 90.7 Å². The number of hydrogen-bond acceptors (Lipinski definition) is 7. The molecule has 0 unspecified atom stereocenters. The standard InChI is InChI=1S/C16H14N2O5S/c1-8-10-6-9(21-2)4-5-11(10)23-13(8)14(19)18-16-17-7-12(24-16)15(20)22-3/h4-7H,1-3H3,(H,17,18,19). The number of aromatic nitrogens is 1. The molecule has 1 aromatic carbocycles. The lowest BCUT2D eigenvalue weighted by Gasteiger charge is -1.99. The summed E-state index contributed by atoms with van der Waals surface area (Å²) in [4.78, 5) is 28.1. The van der Waals surface area contributed by atoms with Gasteiger partial charge in [-0.25, -0.2) is 9.78 Å². The Morgan fingerprint density at radius 2 is 2.08 bits per heavy atom. The predicted molar refractivity (Wildman–Crippen MR) is 88.9 cm³/mol.